The molecule has 0 saturated heterocycles. The third-order valence-electron chi connectivity index (χ3n) is 2.62. The molecule has 0 aliphatic rings. The predicted octanol–water partition coefficient (Wildman–Crippen LogP) is 4.13. The van der Waals surface area contributed by atoms with E-state index in [1.165, 1.54) is 6.07 Å². The van der Waals surface area contributed by atoms with Crippen LogP contribution in [0.1, 0.15) is 16.8 Å². The molecule has 0 unspecified atom stereocenters. The van der Waals surface area contributed by atoms with E-state index < -0.39 is 10.7 Å². The molecule has 0 aliphatic carbocycles. The van der Waals surface area contributed by atoms with Crippen LogP contribution in [-0.4, -0.2) is 9.91 Å². The van der Waals surface area contributed by atoms with Gasteiger partial charge in [-0.3, -0.25) is 10.1 Å². The quantitative estimate of drug-likeness (QED) is 0.643. The van der Waals surface area contributed by atoms with Crippen LogP contribution in [0.2, 0.25) is 0 Å². The molecule has 8 heteroatoms. The zero-order valence-corrected chi connectivity index (χ0v) is 12.9. The molecular weight excluding hydrogens is 349 g/mol. The monoisotopic (exact) mass is 359 g/mol. The van der Waals surface area contributed by atoms with Crippen LogP contribution in [0, 0.1) is 15.9 Å². The van der Waals surface area contributed by atoms with E-state index in [2.05, 4.69) is 26.2 Å². The van der Waals surface area contributed by atoms with Crippen molar-refractivity contribution in [2.45, 2.75) is 19.9 Å². The van der Waals surface area contributed by atoms with Crippen molar-refractivity contribution in [1.82, 2.24) is 4.98 Å². The molecule has 20 heavy (non-hydrogen) atoms. The first-order valence-electron chi connectivity index (χ1n) is 5.82. The molecule has 1 heterocycles. The van der Waals surface area contributed by atoms with Crippen molar-refractivity contribution >= 4 is 38.6 Å². The van der Waals surface area contributed by atoms with E-state index in [0.29, 0.717) is 6.54 Å². The summed E-state index contributed by atoms with van der Waals surface area (Å²) in [6.07, 6.45) is 2.69. The van der Waals surface area contributed by atoms with Gasteiger partial charge < -0.3 is 5.32 Å². The Kier molecular flexibility index (Phi) is 4.66. The van der Waals surface area contributed by atoms with Gasteiger partial charge in [-0.2, -0.15) is 0 Å². The number of nitro groups is 1. The molecule has 0 saturated carbocycles. The van der Waals surface area contributed by atoms with Crippen molar-refractivity contribution < 1.29 is 9.31 Å². The molecule has 106 valence electrons. The third kappa shape index (κ3) is 3.31. The van der Waals surface area contributed by atoms with Gasteiger partial charge in [-0.1, -0.05) is 6.92 Å². The summed E-state index contributed by atoms with van der Waals surface area (Å²) >= 11 is 4.56. The highest BCUT2D eigenvalue weighted by molar-refractivity contribution is 9.10. The smallest absolute Gasteiger partial charge is 0.295 e. The lowest BCUT2D eigenvalue weighted by Gasteiger charge is -2.06. The second kappa shape index (κ2) is 6.27. The highest BCUT2D eigenvalue weighted by atomic mass is 79.9. The zero-order valence-electron chi connectivity index (χ0n) is 10.5. The van der Waals surface area contributed by atoms with E-state index in [0.717, 1.165) is 22.4 Å². The molecule has 0 fully saturated rings. The summed E-state index contributed by atoms with van der Waals surface area (Å²) in [5.41, 5.74) is -0.0329. The first-order valence-corrected chi connectivity index (χ1v) is 7.43. The maximum atomic E-state index is 13.3. The van der Waals surface area contributed by atoms with E-state index in [9.17, 15) is 14.5 Å². The normalized spacial score (nSPS) is 10.6. The summed E-state index contributed by atoms with van der Waals surface area (Å²) in [6.45, 7) is 2.40. The van der Waals surface area contributed by atoms with Crippen molar-refractivity contribution in [1.29, 1.82) is 0 Å². The summed E-state index contributed by atoms with van der Waals surface area (Å²) in [4.78, 5) is 15.7. The van der Waals surface area contributed by atoms with Crippen LogP contribution in [0.3, 0.4) is 0 Å². The van der Waals surface area contributed by atoms with E-state index in [1.807, 2.05) is 6.92 Å². The number of nitrogens with zero attached hydrogens (tertiary/aromatic N) is 2. The molecule has 1 N–H and O–H groups in total. The number of hydrogen-bond acceptors (Lipinski definition) is 5. The molecule has 0 spiro atoms. The van der Waals surface area contributed by atoms with Crippen molar-refractivity contribution in [3.05, 3.63) is 48.6 Å². The van der Waals surface area contributed by atoms with E-state index in [4.69, 9.17) is 0 Å². The molecule has 2 aromatic rings. The Labute approximate surface area is 127 Å². The molecular formula is C12H11BrFN3O2S. The second-order valence-electron chi connectivity index (χ2n) is 3.97. The molecule has 1 aromatic heterocycles. The molecule has 1 aromatic carbocycles. The number of hydrogen-bond donors (Lipinski definition) is 1. The Morgan fingerprint density at radius 1 is 1.55 bits per heavy atom. The van der Waals surface area contributed by atoms with E-state index >= 15 is 0 Å². The van der Waals surface area contributed by atoms with Crippen LogP contribution in [0.4, 0.5) is 15.8 Å². The van der Waals surface area contributed by atoms with Gasteiger partial charge in [0, 0.05) is 11.1 Å². The van der Waals surface area contributed by atoms with E-state index in [-0.39, 0.29) is 15.8 Å². The standard InChI is InChI=1S/C12H11BrFN3O2S/c1-2-7-5-16-12(20-7)6-15-10-3-8(13)9(14)4-11(10)17(18)19/h3-5,15H,2,6H2,1H3. The fourth-order valence-electron chi connectivity index (χ4n) is 1.59. The first kappa shape index (κ1) is 14.9. The molecule has 5 nitrogen and oxygen atoms in total. The van der Waals surface area contributed by atoms with Crippen molar-refractivity contribution in [2.24, 2.45) is 0 Å². The summed E-state index contributed by atoms with van der Waals surface area (Å²) in [7, 11) is 0. The maximum Gasteiger partial charge on any atom is 0.295 e. The van der Waals surface area contributed by atoms with Gasteiger partial charge in [0.1, 0.15) is 16.5 Å². The fourth-order valence-corrected chi connectivity index (χ4v) is 2.74. The van der Waals surface area contributed by atoms with Gasteiger partial charge in [0.25, 0.3) is 5.69 Å². The number of rotatable bonds is 5. The van der Waals surface area contributed by atoms with Crippen molar-refractivity contribution in [2.75, 3.05) is 5.32 Å². The highest BCUT2D eigenvalue weighted by Gasteiger charge is 2.17. The minimum Gasteiger partial charge on any atom is -0.373 e. The van der Waals surface area contributed by atoms with Crippen LogP contribution < -0.4 is 5.32 Å². The van der Waals surface area contributed by atoms with Crippen molar-refractivity contribution in [3.8, 4) is 0 Å². The third-order valence-corrected chi connectivity index (χ3v) is 4.36. The maximum absolute atomic E-state index is 13.3. The average molecular weight is 360 g/mol. The summed E-state index contributed by atoms with van der Waals surface area (Å²) < 4.78 is 13.5. The summed E-state index contributed by atoms with van der Waals surface area (Å²) in [5, 5.41) is 14.7. The molecule has 0 amide bonds. The summed E-state index contributed by atoms with van der Waals surface area (Å²) in [6, 6.07) is 2.26. The lowest BCUT2D eigenvalue weighted by Crippen LogP contribution is -2.03. The number of thiazole rings is 1. The largest absolute Gasteiger partial charge is 0.373 e. The molecule has 0 radical (unpaired) electrons. The van der Waals surface area contributed by atoms with Crippen LogP contribution in [0.15, 0.2) is 22.8 Å². The first-order chi connectivity index (χ1) is 9.51. The number of benzene rings is 1. The minimum absolute atomic E-state index is 0.180. The number of halogens is 2. The Balaban J connectivity index is 2.20. The number of aromatic nitrogens is 1. The Morgan fingerprint density at radius 3 is 2.90 bits per heavy atom. The van der Waals surface area contributed by atoms with Crippen LogP contribution in [0.5, 0.6) is 0 Å². The topological polar surface area (TPSA) is 68.1 Å². The van der Waals surface area contributed by atoms with Crippen LogP contribution in [0.25, 0.3) is 0 Å². The average Bonchev–Trinajstić information content (AvgIpc) is 2.87. The Bertz CT molecular complexity index is 648. The van der Waals surface area contributed by atoms with Crippen molar-refractivity contribution in [3.63, 3.8) is 0 Å². The minimum atomic E-state index is -0.662. The molecule has 0 aliphatic heterocycles. The van der Waals surface area contributed by atoms with Crippen LogP contribution in [-0.2, 0) is 13.0 Å². The van der Waals surface area contributed by atoms with Gasteiger partial charge in [0.15, 0.2) is 0 Å². The number of nitro benzene ring substituents is 1. The number of anilines is 1. The van der Waals surface area contributed by atoms with Gasteiger partial charge in [-0.05, 0) is 28.4 Å². The highest BCUT2D eigenvalue weighted by Crippen LogP contribution is 2.31. The lowest BCUT2D eigenvalue weighted by atomic mass is 10.2. The van der Waals surface area contributed by atoms with Crippen LogP contribution >= 0.6 is 27.3 Å². The second-order valence-corrected chi connectivity index (χ2v) is 6.02. The van der Waals surface area contributed by atoms with Gasteiger partial charge in [0.05, 0.1) is 22.0 Å². The number of aryl methyl sites for hydroxylation is 1. The van der Waals surface area contributed by atoms with Gasteiger partial charge >= 0.3 is 0 Å². The molecule has 0 bridgehead atoms. The Hall–Kier alpha value is -1.54. The number of nitrogens with one attached hydrogen (secondary N) is 1. The van der Waals surface area contributed by atoms with E-state index in [1.54, 1.807) is 17.5 Å². The SMILES string of the molecule is CCc1cnc(CNc2cc(Br)c(F)cc2[N+](=O)[O-])s1. The Morgan fingerprint density at radius 2 is 2.30 bits per heavy atom. The predicted molar refractivity (Wildman–Crippen MR) is 79.6 cm³/mol. The molecule has 0 atom stereocenters. The fraction of sp³-hybridized carbons (Fsp3) is 0.250. The van der Waals surface area contributed by atoms with Gasteiger partial charge in [-0.25, -0.2) is 9.37 Å². The van der Waals surface area contributed by atoms with Gasteiger partial charge in [0.2, 0.25) is 0 Å². The zero-order chi connectivity index (χ0) is 14.7. The lowest BCUT2D eigenvalue weighted by molar-refractivity contribution is -0.384. The molecule has 2 rings (SSSR count). The van der Waals surface area contributed by atoms with Gasteiger partial charge in [-0.15, -0.1) is 11.3 Å². The summed E-state index contributed by atoms with van der Waals surface area (Å²) in [5.74, 6) is -0.662.